The first kappa shape index (κ1) is 9.48. The molecule has 70 valence electrons. The van der Waals surface area contributed by atoms with E-state index in [9.17, 15) is 4.79 Å². The number of nitrogens with one attached hydrogen (secondary N) is 2. The van der Waals surface area contributed by atoms with Crippen molar-refractivity contribution in [3.8, 4) is 0 Å². The van der Waals surface area contributed by atoms with Gasteiger partial charge in [-0.25, -0.2) is 0 Å². The molecule has 12 heavy (non-hydrogen) atoms. The van der Waals surface area contributed by atoms with Gasteiger partial charge in [-0.3, -0.25) is 4.79 Å². The number of esters is 1. The van der Waals surface area contributed by atoms with Crippen LogP contribution in [0.5, 0.6) is 0 Å². The van der Waals surface area contributed by atoms with Gasteiger partial charge in [-0.2, -0.15) is 0 Å². The Kier molecular flexibility index (Phi) is 4.04. The molecule has 4 nitrogen and oxygen atoms in total. The Labute approximate surface area is 72.7 Å². The summed E-state index contributed by atoms with van der Waals surface area (Å²) in [7, 11) is 0. The summed E-state index contributed by atoms with van der Waals surface area (Å²) in [6.07, 6.45) is 0.473. The molecule has 0 saturated carbocycles. The molecule has 1 rings (SSSR count). The van der Waals surface area contributed by atoms with Crippen molar-refractivity contribution in [3.05, 3.63) is 0 Å². The smallest absolute Gasteiger partial charge is 0.307 e. The largest absolute Gasteiger partial charge is 0.466 e. The van der Waals surface area contributed by atoms with Gasteiger partial charge in [0.1, 0.15) is 0 Å². The highest BCUT2D eigenvalue weighted by atomic mass is 16.5. The summed E-state index contributed by atoms with van der Waals surface area (Å²) in [6, 6.07) is 0.248. The van der Waals surface area contributed by atoms with Crippen molar-refractivity contribution in [3.63, 3.8) is 0 Å². The number of rotatable bonds is 3. The number of ether oxygens (including phenoxy) is 1. The Hall–Kier alpha value is -0.610. The third-order valence-corrected chi connectivity index (χ3v) is 1.84. The lowest BCUT2D eigenvalue weighted by atomic mass is 10.2. The average molecular weight is 172 g/mol. The quantitative estimate of drug-likeness (QED) is 0.564. The molecule has 0 spiro atoms. The molecule has 0 bridgehead atoms. The Morgan fingerprint density at radius 3 is 3.00 bits per heavy atom. The van der Waals surface area contributed by atoms with Crippen LogP contribution in [0.2, 0.25) is 0 Å². The molecule has 0 amide bonds. The Morgan fingerprint density at radius 2 is 2.42 bits per heavy atom. The molecule has 0 aromatic carbocycles. The van der Waals surface area contributed by atoms with E-state index >= 15 is 0 Å². The third-order valence-electron chi connectivity index (χ3n) is 1.84. The lowest BCUT2D eigenvalue weighted by Gasteiger charge is -2.23. The van der Waals surface area contributed by atoms with E-state index in [0.717, 1.165) is 19.6 Å². The predicted octanol–water partition coefficient (Wildman–Crippen LogP) is -0.499. The van der Waals surface area contributed by atoms with Crippen molar-refractivity contribution in [1.29, 1.82) is 0 Å². The van der Waals surface area contributed by atoms with Crippen LogP contribution < -0.4 is 10.6 Å². The van der Waals surface area contributed by atoms with Crippen LogP contribution >= 0.6 is 0 Å². The van der Waals surface area contributed by atoms with Crippen molar-refractivity contribution in [2.45, 2.75) is 19.4 Å². The fourth-order valence-electron chi connectivity index (χ4n) is 1.28. The molecular formula is C8H16N2O2. The van der Waals surface area contributed by atoms with E-state index in [4.69, 9.17) is 4.74 Å². The van der Waals surface area contributed by atoms with Gasteiger partial charge in [-0.15, -0.1) is 0 Å². The highest BCUT2D eigenvalue weighted by Gasteiger charge is 2.15. The molecule has 1 fully saturated rings. The normalized spacial score (nSPS) is 23.6. The zero-order valence-corrected chi connectivity index (χ0v) is 7.43. The lowest BCUT2D eigenvalue weighted by molar-refractivity contribution is -0.143. The van der Waals surface area contributed by atoms with E-state index in [1.54, 1.807) is 0 Å². The first-order valence-corrected chi connectivity index (χ1v) is 4.42. The molecule has 1 aliphatic rings. The molecule has 0 aromatic rings. The van der Waals surface area contributed by atoms with Gasteiger partial charge in [-0.1, -0.05) is 0 Å². The SMILES string of the molecule is CCOC(=O)C[C@@H]1CNCCN1. The second-order valence-corrected chi connectivity index (χ2v) is 2.86. The number of hydrogen-bond donors (Lipinski definition) is 2. The van der Waals surface area contributed by atoms with Crippen LogP contribution in [0.1, 0.15) is 13.3 Å². The number of carbonyl (C=O) groups excluding carboxylic acids is 1. The van der Waals surface area contributed by atoms with Crippen LogP contribution in [0.15, 0.2) is 0 Å². The molecule has 0 aliphatic carbocycles. The minimum absolute atomic E-state index is 0.112. The molecule has 1 aliphatic heterocycles. The molecule has 2 N–H and O–H groups in total. The fraction of sp³-hybridized carbons (Fsp3) is 0.875. The molecule has 0 unspecified atom stereocenters. The third kappa shape index (κ3) is 3.19. The van der Waals surface area contributed by atoms with Gasteiger partial charge in [0, 0.05) is 25.7 Å². The Balaban J connectivity index is 2.15. The summed E-state index contributed by atoms with van der Waals surface area (Å²) in [5.41, 5.74) is 0. The maximum Gasteiger partial charge on any atom is 0.307 e. The predicted molar refractivity (Wildman–Crippen MR) is 45.9 cm³/mol. The van der Waals surface area contributed by atoms with Crippen LogP contribution in [-0.4, -0.2) is 38.3 Å². The van der Waals surface area contributed by atoms with Crippen LogP contribution in [0.4, 0.5) is 0 Å². The van der Waals surface area contributed by atoms with Gasteiger partial charge in [0.15, 0.2) is 0 Å². The molecule has 0 radical (unpaired) electrons. The van der Waals surface area contributed by atoms with Crippen LogP contribution in [0.25, 0.3) is 0 Å². The van der Waals surface area contributed by atoms with Gasteiger partial charge in [0.2, 0.25) is 0 Å². The van der Waals surface area contributed by atoms with E-state index in [1.165, 1.54) is 0 Å². The van der Waals surface area contributed by atoms with Crippen molar-refractivity contribution in [2.75, 3.05) is 26.2 Å². The molecule has 0 aromatic heterocycles. The highest BCUT2D eigenvalue weighted by Crippen LogP contribution is 1.96. The highest BCUT2D eigenvalue weighted by molar-refractivity contribution is 5.70. The number of piperazine rings is 1. The minimum Gasteiger partial charge on any atom is -0.466 e. The fourth-order valence-corrected chi connectivity index (χ4v) is 1.28. The molecule has 1 atom stereocenters. The van der Waals surface area contributed by atoms with Gasteiger partial charge in [0.05, 0.1) is 13.0 Å². The second kappa shape index (κ2) is 5.11. The summed E-state index contributed by atoms with van der Waals surface area (Å²) < 4.78 is 4.84. The standard InChI is InChI=1S/C8H16N2O2/c1-2-12-8(11)5-7-6-9-3-4-10-7/h7,9-10H,2-6H2,1H3/t7-/m1/s1. The van der Waals surface area contributed by atoms with Crippen molar-refractivity contribution in [1.82, 2.24) is 10.6 Å². The second-order valence-electron chi connectivity index (χ2n) is 2.86. The van der Waals surface area contributed by atoms with Crippen LogP contribution in [0, 0.1) is 0 Å². The first-order chi connectivity index (χ1) is 5.83. The Morgan fingerprint density at radius 1 is 1.58 bits per heavy atom. The van der Waals surface area contributed by atoms with Crippen LogP contribution in [0.3, 0.4) is 0 Å². The molecule has 4 heteroatoms. The topological polar surface area (TPSA) is 50.4 Å². The van der Waals surface area contributed by atoms with Crippen molar-refractivity contribution < 1.29 is 9.53 Å². The summed E-state index contributed by atoms with van der Waals surface area (Å²) >= 11 is 0. The summed E-state index contributed by atoms with van der Waals surface area (Å²) in [4.78, 5) is 11.0. The zero-order chi connectivity index (χ0) is 8.81. The molecule has 1 saturated heterocycles. The van der Waals surface area contributed by atoms with Gasteiger partial charge >= 0.3 is 5.97 Å². The average Bonchev–Trinajstić information content (AvgIpc) is 2.06. The van der Waals surface area contributed by atoms with Gasteiger partial charge < -0.3 is 15.4 Å². The van der Waals surface area contributed by atoms with Crippen molar-refractivity contribution >= 4 is 5.97 Å². The van der Waals surface area contributed by atoms with Crippen molar-refractivity contribution in [2.24, 2.45) is 0 Å². The minimum atomic E-state index is -0.112. The Bertz CT molecular complexity index is 144. The van der Waals surface area contributed by atoms with E-state index in [1.807, 2.05) is 6.92 Å². The lowest BCUT2D eigenvalue weighted by Crippen LogP contribution is -2.49. The molecule has 1 heterocycles. The summed E-state index contributed by atoms with van der Waals surface area (Å²) in [5, 5.41) is 6.46. The summed E-state index contributed by atoms with van der Waals surface area (Å²) in [6.45, 7) is 5.08. The number of hydrogen-bond acceptors (Lipinski definition) is 4. The van der Waals surface area contributed by atoms with E-state index in [-0.39, 0.29) is 12.0 Å². The van der Waals surface area contributed by atoms with Gasteiger partial charge in [-0.05, 0) is 6.92 Å². The van der Waals surface area contributed by atoms with Gasteiger partial charge in [0.25, 0.3) is 0 Å². The maximum absolute atomic E-state index is 11.0. The summed E-state index contributed by atoms with van der Waals surface area (Å²) in [5.74, 6) is -0.112. The van der Waals surface area contributed by atoms with E-state index in [0.29, 0.717) is 13.0 Å². The molecular weight excluding hydrogens is 156 g/mol. The van der Waals surface area contributed by atoms with E-state index in [2.05, 4.69) is 10.6 Å². The van der Waals surface area contributed by atoms with Crippen LogP contribution in [-0.2, 0) is 9.53 Å². The monoisotopic (exact) mass is 172 g/mol. The maximum atomic E-state index is 11.0. The zero-order valence-electron chi connectivity index (χ0n) is 7.43. The first-order valence-electron chi connectivity index (χ1n) is 4.42. The van der Waals surface area contributed by atoms with E-state index < -0.39 is 0 Å². The number of carbonyl (C=O) groups is 1.